The second-order valence-corrected chi connectivity index (χ2v) is 8.95. The van der Waals surface area contributed by atoms with Gasteiger partial charge in [0, 0.05) is 37.7 Å². The summed E-state index contributed by atoms with van der Waals surface area (Å²) in [4.78, 5) is 9.49. The van der Waals surface area contributed by atoms with E-state index in [1.54, 1.807) is 6.07 Å². The van der Waals surface area contributed by atoms with Crippen LogP contribution in [0.2, 0.25) is 0 Å². The number of alkyl halides is 3. The molecule has 8 nitrogen and oxygen atoms in total. The van der Waals surface area contributed by atoms with E-state index in [0.29, 0.717) is 18.7 Å². The Bertz CT molecular complexity index is 1060. The van der Waals surface area contributed by atoms with Crippen LogP contribution in [0.4, 0.5) is 13.2 Å². The number of oxime groups is 1. The first kappa shape index (κ1) is 23.8. The van der Waals surface area contributed by atoms with Crippen LogP contribution in [0.5, 0.6) is 11.6 Å². The molecule has 3 rings (SSSR count). The zero-order valence-electron chi connectivity index (χ0n) is 17.4. The lowest BCUT2D eigenvalue weighted by Gasteiger charge is -2.26. The van der Waals surface area contributed by atoms with Crippen LogP contribution in [0.1, 0.15) is 24.1 Å². The number of halogens is 3. The zero-order valence-corrected chi connectivity index (χ0v) is 18.2. The molecule has 174 valence electrons. The van der Waals surface area contributed by atoms with Crippen LogP contribution in [0.15, 0.2) is 46.4 Å². The van der Waals surface area contributed by atoms with Crippen LogP contribution >= 0.6 is 0 Å². The lowest BCUT2D eigenvalue weighted by molar-refractivity contribution is -0.274. The topological polar surface area (TPSA) is 90.3 Å². The fourth-order valence-corrected chi connectivity index (χ4v) is 4.57. The highest BCUT2D eigenvalue weighted by Gasteiger charge is 2.32. The Morgan fingerprint density at radius 2 is 1.78 bits per heavy atom. The van der Waals surface area contributed by atoms with Crippen LogP contribution < -0.4 is 9.47 Å². The minimum atomic E-state index is -4.84. The van der Waals surface area contributed by atoms with Crippen LogP contribution in [0.3, 0.4) is 0 Å². The molecule has 1 aliphatic rings. The molecule has 0 N–H and O–H groups in total. The number of ether oxygens (including phenoxy) is 2. The van der Waals surface area contributed by atoms with Gasteiger partial charge in [-0.3, -0.25) is 0 Å². The van der Waals surface area contributed by atoms with Crippen LogP contribution in [0, 0.1) is 6.92 Å². The molecule has 2 aromatic rings. The summed E-state index contributed by atoms with van der Waals surface area (Å²) in [5, 5.41) is 4.11. The third-order valence-electron chi connectivity index (χ3n) is 4.62. The second kappa shape index (κ2) is 9.74. The maximum Gasteiger partial charge on any atom is 0.573 e. The molecule has 0 saturated carbocycles. The van der Waals surface area contributed by atoms with Gasteiger partial charge in [0.05, 0.1) is 17.7 Å². The van der Waals surface area contributed by atoms with Crippen LogP contribution in [0.25, 0.3) is 0 Å². The van der Waals surface area contributed by atoms with Gasteiger partial charge in [0.25, 0.3) is 0 Å². The SMILES string of the molecule is COc1cc(CON=C2CCN(S(=O)(=O)c3ccc(OC(F)(F)F)cc3)CC2)cc(C)n1. The first-order chi connectivity index (χ1) is 15.1. The van der Waals surface area contributed by atoms with Gasteiger partial charge in [-0.05, 0) is 42.8 Å². The van der Waals surface area contributed by atoms with E-state index in [4.69, 9.17) is 9.57 Å². The van der Waals surface area contributed by atoms with Gasteiger partial charge in [-0.25, -0.2) is 13.4 Å². The summed E-state index contributed by atoms with van der Waals surface area (Å²) in [6.45, 7) is 2.43. The van der Waals surface area contributed by atoms with Crippen molar-refractivity contribution in [3.05, 3.63) is 47.7 Å². The highest BCUT2D eigenvalue weighted by atomic mass is 32.2. The summed E-state index contributed by atoms with van der Waals surface area (Å²) in [5.41, 5.74) is 2.35. The van der Waals surface area contributed by atoms with Crippen molar-refractivity contribution in [2.24, 2.45) is 5.16 Å². The summed E-state index contributed by atoms with van der Waals surface area (Å²) in [6, 6.07) is 7.72. The van der Waals surface area contributed by atoms with Crippen molar-refractivity contribution in [2.75, 3.05) is 20.2 Å². The van der Waals surface area contributed by atoms with E-state index < -0.39 is 22.1 Å². The van der Waals surface area contributed by atoms with Gasteiger partial charge in [-0.1, -0.05) is 5.16 Å². The number of aryl methyl sites for hydroxylation is 1. The Kier molecular flexibility index (Phi) is 7.24. The molecule has 0 amide bonds. The molecular weight excluding hydrogens is 451 g/mol. The largest absolute Gasteiger partial charge is 0.573 e. The number of piperidine rings is 1. The molecule has 1 aromatic heterocycles. The van der Waals surface area contributed by atoms with E-state index in [1.807, 2.05) is 13.0 Å². The molecule has 32 heavy (non-hydrogen) atoms. The number of rotatable bonds is 7. The van der Waals surface area contributed by atoms with E-state index >= 15 is 0 Å². The predicted molar refractivity (Wildman–Crippen MR) is 109 cm³/mol. The number of pyridine rings is 1. The number of benzene rings is 1. The fraction of sp³-hybridized carbons (Fsp3) is 0.400. The summed E-state index contributed by atoms with van der Waals surface area (Å²) >= 11 is 0. The minimum Gasteiger partial charge on any atom is -0.481 e. The number of hydrogen-bond acceptors (Lipinski definition) is 7. The van der Waals surface area contributed by atoms with Gasteiger partial charge >= 0.3 is 6.36 Å². The quantitative estimate of drug-likeness (QED) is 0.571. The second-order valence-electron chi connectivity index (χ2n) is 7.01. The molecule has 1 fully saturated rings. The van der Waals surface area contributed by atoms with Crippen molar-refractivity contribution >= 4 is 15.7 Å². The first-order valence-electron chi connectivity index (χ1n) is 9.62. The van der Waals surface area contributed by atoms with Crippen LogP contribution in [-0.2, 0) is 21.5 Å². The van der Waals surface area contributed by atoms with Gasteiger partial charge in [-0.2, -0.15) is 4.31 Å². The minimum absolute atomic E-state index is 0.106. The molecule has 0 bridgehead atoms. The third kappa shape index (κ3) is 6.33. The van der Waals surface area contributed by atoms with Gasteiger partial charge in [0.15, 0.2) is 0 Å². The Morgan fingerprint density at radius 3 is 2.38 bits per heavy atom. The molecule has 0 unspecified atom stereocenters. The van der Waals surface area contributed by atoms with Crippen LogP contribution in [-0.4, -0.2) is 50.0 Å². The van der Waals surface area contributed by atoms with Gasteiger partial charge in [0.1, 0.15) is 12.4 Å². The summed E-state index contributed by atoms with van der Waals surface area (Å²) in [6.07, 6.45) is -4.08. The highest BCUT2D eigenvalue weighted by molar-refractivity contribution is 7.89. The highest BCUT2D eigenvalue weighted by Crippen LogP contribution is 2.26. The smallest absolute Gasteiger partial charge is 0.481 e. The van der Waals surface area contributed by atoms with Gasteiger partial charge < -0.3 is 14.3 Å². The lowest BCUT2D eigenvalue weighted by Crippen LogP contribution is -2.38. The summed E-state index contributed by atoms with van der Waals surface area (Å²) in [7, 11) is -2.32. The van der Waals surface area contributed by atoms with Crippen molar-refractivity contribution in [1.82, 2.24) is 9.29 Å². The first-order valence-corrected chi connectivity index (χ1v) is 11.1. The van der Waals surface area contributed by atoms with Crippen molar-refractivity contribution in [3.8, 4) is 11.6 Å². The normalized spacial score (nSPS) is 15.3. The number of nitrogens with zero attached hydrogens (tertiary/aromatic N) is 3. The number of aromatic nitrogens is 1. The van der Waals surface area contributed by atoms with E-state index in [2.05, 4.69) is 14.9 Å². The van der Waals surface area contributed by atoms with Gasteiger partial charge in [0.2, 0.25) is 15.9 Å². The molecular formula is C20H22F3N3O5S. The van der Waals surface area contributed by atoms with E-state index in [1.165, 1.54) is 11.4 Å². The predicted octanol–water partition coefficient (Wildman–Crippen LogP) is 3.65. The molecule has 0 aliphatic carbocycles. The lowest BCUT2D eigenvalue weighted by atomic mass is 10.1. The molecule has 0 atom stereocenters. The number of methoxy groups -OCH3 is 1. The molecule has 12 heteroatoms. The monoisotopic (exact) mass is 473 g/mol. The number of hydrogen-bond donors (Lipinski definition) is 0. The maximum atomic E-state index is 12.8. The molecule has 0 spiro atoms. The average molecular weight is 473 g/mol. The standard InChI is InChI=1S/C20H22F3N3O5S/c1-14-11-15(12-19(24-14)29-2)13-30-25-16-7-9-26(10-8-16)32(27,28)18-5-3-17(4-6-18)31-20(21,22)23/h3-6,11-12H,7-10,13H2,1-2H3. The molecule has 2 heterocycles. The van der Waals surface area contributed by atoms with E-state index in [0.717, 1.165) is 41.2 Å². The molecule has 1 aliphatic heterocycles. The summed E-state index contributed by atoms with van der Waals surface area (Å²) < 4.78 is 72.4. The van der Waals surface area contributed by atoms with Crippen molar-refractivity contribution in [1.29, 1.82) is 0 Å². The number of sulfonamides is 1. The van der Waals surface area contributed by atoms with Crippen molar-refractivity contribution in [3.63, 3.8) is 0 Å². The Morgan fingerprint density at radius 1 is 1.12 bits per heavy atom. The zero-order chi connectivity index (χ0) is 23.4. The maximum absolute atomic E-state index is 12.8. The van der Waals surface area contributed by atoms with Crippen molar-refractivity contribution < 1.29 is 35.9 Å². The Hall–Kier alpha value is -2.86. The Labute approximate surface area is 183 Å². The molecule has 0 radical (unpaired) electrons. The average Bonchev–Trinajstić information content (AvgIpc) is 2.73. The Balaban J connectivity index is 1.55. The molecule has 1 aromatic carbocycles. The van der Waals surface area contributed by atoms with Crippen molar-refractivity contribution in [2.45, 2.75) is 37.6 Å². The summed E-state index contributed by atoms with van der Waals surface area (Å²) in [5.74, 6) is -0.00329. The van der Waals surface area contributed by atoms with E-state index in [9.17, 15) is 21.6 Å². The van der Waals surface area contributed by atoms with E-state index in [-0.39, 0.29) is 24.6 Å². The van der Waals surface area contributed by atoms with Gasteiger partial charge in [-0.15, -0.1) is 13.2 Å². The third-order valence-corrected chi connectivity index (χ3v) is 6.53. The molecule has 1 saturated heterocycles. The fourth-order valence-electron chi connectivity index (χ4n) is 3.13.